The SMILES string of the molecule is COc1ccc2[nH]c(=O)c(CN(CCN(C)C)C(=S)NCCCN(C)C)cc2c1. The smallest absolute Gasteiger partial charge is 0.253 e. The van der Waals surface area contributed by atoms with Crippen LogP contribution in [0.2, 0.25) is 0 Å². The van der Waals surface area contributed by atoms with Crippen LogP contribution in [0.1, 0.15) is 12.0 Å². The summed E-state index contributed by atoms with van der Waals surface area (Å²) in [5.41, 5.74) is 1.39. The molecule has 160 valence electrons. The van der Waals surface area contributed by atoms with Gasteiger partial charge >= 0.3 is 0 Å². The van der Waals surface area contributed by atoms with E-state index in [-0.39, 0.29) is 5.56 Å². The van der Waals surface area contributed by atoms with E-state index in [0.717, 1.165) is 49.3 Å². The predicted molar refractivity (Wildman–Crippen MR) is 124 cm³/mol. The van der Waals surface area contributed by atoms with E-state index in [4.69, 9.17) is 17.0 Å². The van der Waals surface area contributed by atoms with Gasteiger partial charge < -0.3 is 29.7 Å². The van der Waals surface area contributed by atoms with Gasteiger partial charge in [0.2, 0.25) is 0 Å². The number of nitrogens with one attached hydrogen (secondary N) is 2. The van der Waals surface area contributed by atoms with Crippen LogP contribution in [0.4, 0.5) is 0 Å². The summed E-state index contributed by atoms with van der Waals surface area (Å²) in [5, 5.41) is 4.95. The van der Waals surface area contributed by atoms with Gasteiger partial charge in [-0.05, 0) is 77.6 Å². The number of hydrogen-bond donors (Lipinski definition) is 2. The summed E-state index contributed by atoms with van der Waals surface area (Å²) in [7, 11) is 9.81. The number of H-pyrrole nitrogens is 1. The maximum absolute atomic E-state index is 12.6. The summed E-state index contributed by atoms with van der Waals surface area (Å²) in [5.74, 6) is 0.762. The Morgan fingerprint density at radius 3 is 2.48 bits per heavy atom. The summed E-state index contributed by atoms with van der Waals surface area (Å²) < 4.78 is 5.31. The van der Waals surface area contributed by atoms with E-state index >= 15 is 0 Å². The van der Waals surface area contributed by atoms with Crippen LogP contribution < -0.4 is 15.6 Å². The number of ether oxygens (including phenoxy) is 1. The van der Waals surface area contributed by atoms with Gasteiger partial charge in [-0.1, -0.05) is 0 Å². The molecule has 0 bridgehead atoms. The molecule has 2 aromatic rings. The Bertz CT molecular complexity index is 866. The second kappa shape index (κ2) is 11.1. The largest absolute Gasteiger partial charge is 0.497 e. The van der Waals surface area contributed by atoms with Crippen LogP contribution in [0.3, 0.4) is 0 Å². The lowest BCUT2D eigenvalue weighted by atomic mass is 10.1. The number of thiocarbonyl (C=S) groups is 1. The quantitative estimate of drug-likeness (QED) is 0.449. The Morgan fingerprint density at radius 1 is 1.10 bits per heavy atom. The molecule has 2 N–H and O–H groups in total. The highest BCUT2D eigenvalue weighted by Gasteiger charge is 2.14. The topological polar surface area (TPSA) is 63.8 Å². The van der Waals surface area contributed by atoms with Crippen molar-refractivity contribution >= 4 is 28.2 Å². The third-order valence-electron chi connectivity index (χ3n) is 4.65. The fraction of sp³-hybridized carbons (Fsp3) is 0.524. The van der Waals surface area contributed by atoms with Gasteiger partial charge in [0.05, 0.1) is 13.7 Å². The van der Waals surface area contributed by atoms with E-state index in [2.05, 4.69) is 39.1 Å². The molecule has 29 heavy (non-hydrogen) atoms. The second-order valence-corrected chi connectivity index (χ2v) is 8.08. The molecule has 0 aliphatic heterocycles. The lowest BCUT2D eigenvalue weighted by Crippen LogP contribution is -2.43. The molecule has 7 nitrogen and oxygen atoms in total. The van der Waals surface area contributed by atoms with Crippen LogP contribution >= 0.6 is 12.2 Å². The number of nitrogens with zero attached hydrogens (tertiary/aromatic N) is 3. The molecule has 0 saturated heterocycles. The summed E-state index contributed by atoms with van der Waals surface area (Å²) in [6.45, 7) is 3.84. The van der Waals surface area contributed by atoms with Crippen molar-refractivity contribution in [2.24, 2.45) is 0 Å². The average Bonchev–Trinajstić information content (AvgIpc) is 2.67. The summed E-state index contributed by atoms with van der Waals surface area (Å²) in [6, 6.07) is 7.55. The van der Waals surface area contributed by atoms with Crippen LogP contribution in [0, 0.1) is 0 Å². The fourth-order valence-corrected chi connectivity index (χ4v) is 3.21. The molecule has 0 radical (unpaired) electrons. The van der Waals surface area contributed by atoms with Crippen molar-refractivity contribution in [1.29, 1.82) is 0 Å². The van der Waals surface area contributed by atoms with Gasteiger partial charge in [-0.2, -0.15) is 0 Å². The van der Waals surface area contributed by atoms with Crippen molar-refractivity contribution in [3.8, 4) is 5.75 Å². The van der Waals surface area contributed by atoms with Crippen LogP contribution in [0.15, 0.2) is 29.1 Å². The molecule has 8 heteroatoms. The van der Waals surface area contributed by atoms with Gasteiger partial charge in [0.25, 0.3) is 5.56 Å². The number of rotatable bonds is 10. The van der Waals surface area contributed by atoms with Crippen molar-refractivity contribution in [2.45, 2.75) is 13.0 Å². The first-order chi connectivity index (χ1) is 13.8. The number of fused-ring (bicyclic) bond motifs is 1. The molecule has 0 atom stereocenters. The lowest BCUT2D eigenvalue weighted by molar-refractivity contribution is 0.321. The van der Waals surface area contributed by atoms with Crippen molar-refractivity contribution in [3.63, 3.8) is 0 Å². The van der Waals surface area contributed by atoms with E-state index in [1.54, 1.807) is 7.11 Å². The van der Waals surface area contributed by atoms with E-state index in [0.29, 0.717) is 17.2 Å². The zero-order valence-corrected chi connectivity index (χ0v) is 18.9. The van der Waals surface area contributed by atoms with Crippen molar-refractivity contribution in [2.75, 3.05) is 61.5 Å². The molecule has 0 amide bonds. The number of aromatic amines is 1. The van der Waals surface area contributed by atoms with Crippen LogP contribution in [-0.2, 0) is 6.54 Å². The molecular formula is C21H33N5O2S. The van der Waals surface area contributed by atoms with Crippen LogP contribution in [0.5, 0.6) is 5.75 Å². The standard InChI is InChI=1S/C21H33N5O2S/c1-24(2)10-6-9-22-21(29)26(12-11-25(3)4)15-17-13-16-14-18(28-5)7-8-19(16)23-20(17)27/h7-8,13-14H,6,9-12,15H2,1-5H3,(H,22,29)(H,23,27). The zero-order valence-electron chi connectivity index (χ0n) is 18.1. The van der Waals surface area contributed by atoms with Crippen molar-refractivity contribution in [1.82, 2.24) is 25.0 Å². The molecule has 1 aromatic carbocycles. The van der Waals surface area contributed by atoms with Gasteiger partial charge in [-0.25, -0.2) is 0 Å². The first kappa shape index (κ1) is 23.1. The van der Waals surface area contributed by atoms with Crippen LogP contribution in [0.25, 0.3) is 10.9 Å². The minimum absolute atomic E-state index is 0.0899. The number of methoxy groups -OCH3 is 1. The highest BCUT2D eigenvalue weighted by Crippen LogP contribution is 2.19. The average molecular weight is 420 g/mol. The lowest BCUT2D eigenvalue weighted by Gasteiger charge is -2.27. The minimum Gasteiger partial charge on any atom is -0.497 e. The first-order valence-corrected chi connectivity index (χ1v) is 10.2. The van der Waals surface area contributed by atoms with Crippen LogP contribution in [-0.4, -0.2) is 86.3 Å². The molecule has 0 fully saturated rings. The monoisotopic (exact) mass is 419 g/mol. The zero-order chi connectivity index (χ0) is 21.4. The summed E-state index contributed by atoms with van der Waals surface area (Å²) in [6.07, 6.45) is 1.00. The van der Waals surface area contributed by atoms with Gasteiger partial charge in [0.1, 0.15) is 5.75 Å². The number of aromatic nitrogens is 1. The third-order valence-corrected chi connectivity index (χ3v) is 5.05. The molecule has 0 aliphatic rings. The summed E-state index contributed by atoms with van der Waals surface area (Å²) >= 11 is 5.63. The van der Waals surface area contributed by atoms with E-state index in [9.17, 15) is 4.79 Å². The molecule has 0 spiro atoms. The molecule has 0 saturated carbocycles. The molecule has 0 unspecified atom stereocenters. The van der Waals surface area contributed by atoms with Gasteiger partial charge in [0.15, 0.2) is 5.11 Å². The van der Waals surface area contributed by atoms with E-state index in [1.165, 1.54) is 0 Å². The Balaban J connectivity index is 2.17. The number of benzene rings is 1. The normalized spacial score (nSPS) is 11.3. The Kier molecular flexibility index (Phi) is 8.88. The maximum atomic E-state index is 12.6. The molecule has 1 heterocycles. The Morgan fingerprint density at radius 2 is 1.83 bits per heavy atom. The number of likely N-dealkylation sites (N-methyl/N-ethyl adjacent to an activating group) is 1. The maximum Gasteiger partial charge on any atom is 0.253 e. The van der Waals surface area contributed by atoms with Crippen molar-refractivity contribution < 1.29 is 4.74 Å². The first-order valence-electron chi connectivity index (χ1n) is 9.82. The minimum atomic E-state index is -0.0899. The van der Waals surface area contributed by atoms with Gasteiger partial charge in [0, 0.05) is 36.1 Å². The van der Waals surface area contributed by atoms with Gasteiger partial charge in [-0.15, -0.1) is 0 Å². The molecule has 0 aliphatic carbocycles. The molecule has 2 rings (SSSR count). The third kappa shape index (κ3) is 7.30. The number of hydrogen-bond acceptors (Lipinski definition) is 5. The van der Waals surface area contributed by atoms with Crippen molar-refractivity contribution in [3.05, 3.63) is 40.2 Å². The Labute approximate surface area is 178 Å². The number of pyridine rings is 1. The molecular weight excluding hydrogens is 386 g/mol. The Hall–Kier alpha value is -2.16. The van der Waals surface area contributed by atoms with Gasteiger partial charge in [-0.3, -0.25) is 4.79 Å². The van der Waals surface area contributed by atoms with E-state index < -0.39 is 0 Å². The second-order valence-electron chi connectivity index (χ2n) is 7.69. The highest BCUT2D eigenvalue weighted by atomic mass is 32.1. The molecule has 1 aromatic heterocycles. The highest BCUT2D eigenvalue weighted by molar-refractivity contribution is 7.80. The predicted octanol–water partition coefficient (Wildman–Crippen LogP) is 1.73. The van der Waals surface area contributed by atoms with E-state index in [1.807, 2.05) is 38.4 Å². The summed E-state index contributed by atoms with van der Waals surface area (Å²) in [4.78, 5) is 21.9. The fourth-order valence-electron chi connectivity index (χ4n) is 2.96.